The third kappa shape index (κ3) is 5.13. The van der Waals surface area contributed by atoms with Crippen LogP contribution < -0.4 is 10.6 Å². The number of benzene rings is 3. The fourth-order valence-electron chi connectivity index (χ4n) is 3.32. The Bertz CT molecular complexity index is 1090. The highest BCUT2D eigenvalue weighted by Gasteiger charge is 2.38. The van der Waals surface area contributed by atoms with Crippen molar-refractivity contribution in [3.63, 3.8) is 0 Å². The molecule has 0 aromatic heterocycles. The van der Waals surface area contributed by atoms with E-state index in [1.165, 1.54) is 11.8 Å². The Hall–Kier alpha value is -3.58. The van der Waals surface area contributed by atoms with Crippen LogP contribution in [0.1, 0.15) is 5.56 Å². The van der Waals surface area contributed by atoms with Gasteiger partial charge in [0.25, 0.3) is 5.91 Å². The van der Waals surface area contributed by atoms with Gasteiger partial charge in [-0.05, 0) is 29.8 Å². The number of hydrogen-bond acceptors (Lipinski definition) is 4. The van der Waals surface area contributed by atoms with E-state index < -0.39 is 23.9 Å². The van der Waals surface area contributed by atoms with E-state index in [-0.39, 0.29) is 6.54 Å². The zero-order chi connectivity index (χ0) is 21.6. The number of para-hydroxylation sites is 1. The monoisotopic (exact) mass is 431 g/mol. The van der Waals surface area contributed by atoms with Gasteiger partial charge in [0.05, 0.1) is 5.69 Å². The van der Waals surface area contributed by atoms with Crippen LogP contribution in [0, 0.1) is 0 Å². The minimum absolute atomic E-state index is 0.333. The number of amides is 4. The van der Waals surface area contributed by atoms with Gasteiger partial charge in [-0.1, -0.05) is 72.4 Å². The molecule has 1 aliphatic heterocycles. The highest BCUT2D eigenvalue weighted by molar-refractivity contribution is 7.99. The lowest BCUT2D eigenvalue weighted by Crippen LogP contribution is -2.38. The molecule has 2 N–H and O–H groups in total. The van der Waals surface area contributed by atoms with Crippen LogP contribution in [0.4, 0.5) is 10.5 Å². The molecule has 4 rings (SSSR count). The molecule has 0 spiro atoms. The van der Waals surface area contributed by atoms with Gasteiger partial charge in [0.15, 0.2) is 0 Å². The molecule has 3 aromatic rings. The molecule has 1 heterocycles. The van der Waals surface area contributed by atoms with Crippen LogP contribution >= 0.6 is 11.8 Å². The van der Waals surface area contributed by atoms with Crippen molar-refractivity contribution in [3.8, 4) is 0 Å². The molecule has 1 atom stereocenters. The molecule has 7 heteroatoms. The summed E-state index contributed by atoms with van der Waals surface area (Å²) in [6, 6.07) is 25.5. The molecule has 0 unspecified atom stereocenters. The molecule has 1 fully saturated rings. The Morgan fingerprint density at radius 2 is 1.55 bits per heavy atom. The number of carbonyl (C=O) groups is 3. The highest BCUT2D eigenvalue weighted by Crippen LogP contribution is 2.33. The SMILES string of the molecule is O=C(CN1C(=O)N[C@@H](Cc2ccccc2)C1=O)Nc1ccccc1Sc1ccccc1. The maximum Gasteiger partial charge on any atom is 0.325 e. The number of nitrogens with zero attached hydrogens (tertiary/aromatic N) is 1. The molecule has 3 aromatic carbocycles. The van der Waals surface area contributed by atoms with Gasteiger partial charge in [-0.2, -0.15) is 0 Å². The van der Waals surface area contributed by atoms with Gasteiger partial charge in [0, 0.05) is 16.2 Å². The quantitative estimate of drug-likeness (QED) is 0.556. The maximum absolute atomic E-state index is 12.7. The van der Waals surface area contributed by atoms with E-state index in [4.69, 9.17) is 0 Å². The van der Waals surface area contributed by atoms with Crippen LogP contribution in [0.3, 0.4) is 0 Å². The summed E-state index contributed by atoms with van der Waals surface area (Å²) in [4.78, 5) is 40.5. The molecule has 4 amide bonds. The Balaban J connectivity index is 1.40. The number of carbonyl (C=O) groups excluding carboxylic acids is 3. The Kier molecular flexibility index (Phi) is 6.33. The second kappa shape index (κ2) is 9.49. The highest BCUT2D eigenvalue weighted by atomic mass is 32.2. The second-order valence-corrected chi connectivity index (χ2v) is 8.19. The van der Waals surface area contributed by atoms with E-state index >= 15 is 0 Å². The van der Waals surface area contributed by atoms with Crippen LogP contribution in [-0.4, -0.2) is 35.3 Å². The Morgan fingerprint density at radius 1 is 0.903 bits per heavy atom. The van der Waals surface area contributed by atoms with Crippen LogP contribution in [0.15, 0.2) is 94.7 Å². The third-order valence-corrected chi connectivity index (χ3v) is 5.91. The third-order valence-electron chi connectivity index (χ3n) is 4.82. The van der Waals surface area contributed by atoms with Gasteiger partial charge in [-0.3, -0.25) is 14.5 Å². The summed E-state index contributed by atoms with van der Waals surface area (Å²) >= 11 is 1.53. The number of hydrogen-bond donors (Lipinski definition) is 2. The molecule has 1 aliphatic rings. The number of urea groups is 1. The first kappa shape index (κ1) is 20.7. The summed E-state index contributed by atoms with van der Waals surface area (Å²) in [5.74, 6) is -0.819. The zero-order valence-electron chi connectivity index (χ0n) is 16.7. The van der Waals surface area contributed by atoms with Gasteiger partial charge in [0.1, 0.15) is 12.6 Å². The number of imide groups is 1. The van der Waals surface area contributed by atoms with Gasteiger partial charge >= 0.3 is 6.03 Å². The first-order valence-electron chi connectivity index (χ1n) is 9.88. The predicted molar refractivity (Wildman–Crippen MR) is 120 cm³/mol. The summed E-state index contributed by atoms with van der Waals surface area (Å²) in [6.07, 6.45) is 0.389. The van der Waals surface area contributed by atoms with Crippen molar-refractivity contribution in [3.05, 3.63) is 90.5 Å². The molecule has 31 heavy (non-hydrogen) atoms. The predicted octanol–water partition coefficient (Wildman–Crippen LogP) is 3.94. The summed E-state index contributed by atoms with van der Waals surface area (Å²) in [5.41, 5.74) is 1.58. The lowest BCUT2D eigenvalue weighted by Gasteiger charge is -2.15. The fraction of sp³-hybridized carbons (Fsp3) is 0.125. The van der Waals surface area contributed by atoms with E-state index in [2.05, 4.69) is 10.6 Å². The van der Waals surface area contributed by atoms with E-state index in [1.807, 2.05) is 78.9 Å². The van der Waals surface area contributed by atoms with Crippen LogP contribution in [-0.2, 0) is 16.0 Å². The van der Waals surface area contributed by atoms with Gasteiger partial charge in [0.2, 0.25) is 5.91 Å². The minimum Gasteiger partial charge on any atom is -0.325 e. The molecule has 6 nitrogen and oxygen atoms in total. The minimum atomic E-state index is -0.663. The van der Waals surface area contributed by atoms with Crippen LogP contribution in [0.5, 0.6) is 0 Å². The molecular weight excluding hydrogens is 410 g/mol. The fourth-order valence-corrected chi connectivity index (χ4v) is 4.25. The number of anilines is 1. The number of rotatable bonds is 7. The lowest BCUT2D eigenvalue weighted by atomic mass is 10.1. The summed E-state index contributed by atoms with van der Waals surface area (Å²) < 4.78 is 0. The first-order chi connectivity index (χ1) is 15.1. The second-order valence-electron chi connectivity index (χ2n) is 7.08. The molecule has 0 saturated carbocycles. The summed E-state index contributed by atoms with van der Waals surface area (Å²) in [5, 5.41) is 5.50. The molecule has 0 radical (unpaired) electrons. The standard InChI is InChI=1S/C24H21N3O3S/c28-22(25-19-13-7-8-14-21(19)31-18-11-5-2-6-12-18)16-27-23(29)20(26-24(27)30)15-17-9-3-1-4-10-17/h1-14,20H,15-16H2,(H,25,28)(H,26,30)/t20-/m0/s1. The van der Waals surface area contributed by atoms with E-state index in [9.17, 15) is 14.4 Å². The zero-order valence-corrected chi connectivity index (χ0v) is 17.5. The van der Waals surface area contributed by atoms with Crippen molar-refractivity contribution in [1.82, 2.24) is 10.2 Å². The average molecular weight is 432 g/mol. The van der Waals surface area contributed by atoms with E-state index in [0.29, 0.717) is 12.1 Å². The summed E-state index contributed by atoms with van der Waals surface area (Å²) in [6.45, 7) is -0.333. The molecule has 0 aliphatic carbocycles. The Morgan fingerprint density at radius 3 is 2.29 bits per heavy atom. The van der Waals surface area contributed by atoms with E-state index in [0.717, 1.165) is 20.3 Å². The van der Waals surface area contributed by atoms with Crippen molar-refractivity contribution < 1.29 is 14.4 Å². The van der Waals surface area contributed by atoms with Crippen LogP contribution in [0.25, 0.3) is 0 Å². The van der Waals surface area contributed by atoms with Gasteiger partial charge in [-0.15, -0.1) is 0 Å². The van der Waals surface area contributed by atoms with E-state index in [1.54, 1.807) is 6.07 Å². The number of nitrogens with one attached hydrogen (secondary N) is 2. The molecule has 156 valence electrons. The van der Waals surface area contributed by atoms with Crippen molar-refractivity contribution >= 4 is 35.3 Å². The maximum atomic E-state index is 12.7. The van der Waals surface area contributed by atoms with Crippen molar-refractivity contribution in [1.29, 1.82) is 0 Å². The lowest BCUT2D eigenvalue weighted by molar-refractivity contribution is -0.130. The van der Waals surface area contributed by atoms with Crippen LogP contribution in [0.2, 0.25) is 0 Å². The normalized spacial score (nSPS) is 15.6. The molecule has 1 saturated heterocycles. The van der Waals surface area contributed by atoms with Gasteiger partial charge < -0.3 is 10.6 Å². The topological polar surface area (TPSA) is 78.5 Å². The first-order valence-corrected chi connectivity index (χ1v) is 10.7. The molecule has 0 bridgehead atoms. The summed E-state index contributed by atoms with van der Waals surface area (Å²) in [7, 11) is 0. The largest absolute Gasteiger partial charge is 0.325 e. The van der Waals surface area contributed by atoms with Crippen molar-refractivity contribution in [2.75, 3.05) is 11.9 Å². The smallest absolute Gasteiger partial charge is 0.325 e. The Labute approximate surface area is 184 Å². The molecular formula is C24H21N3O3S. The van der Waals surface area contributed by atoms with Crippen molar-refractivity contribution in [2.45, 2.75) is 22.3 Å². The van der Waals surface area contributed by atoms with Crippen molar-refractivity contribution in [2.24, 2.45) is 0 Å². The van der Waals surface area contributed by atoms with Gasteiger partial charge in [-0.25, -0.2) is 4.79 Å². The average Bonchev–Trinajstić information content (AvgIpc) is 3.04.